The van der Waals surface area contributed by atoms with Crippen molar-refractivity contribution in [1.82, 2.24) is 10.2 Å². The first-order valence-corrected chi connectivity index (χ1v) is 10.9. The van der Waals surface area contributed by atoms with Gasteiger partial charge in [-0.25, -0.2) is 0 Å². The molecule has 1 heterocycles. The molecule has 29 heavy (non-hydrogen) atoms. The average molecular weight is 400 g/mol. The monoisotopic (exact) mass is 399 g/mol. The normalized spacial score (nSPS) is 11.3. The number of hydrogen-bond donors (Lipinski definition) is 1. The highest BCUT2D eigenvalue weighted by Crippen LogP contribution is 2.40. The van der Waals surface area contributed by atoms with E-state index in [2.05, 4.69) is 113 Å². The molecule has 4 aromatic rings. The van der Waals surface area contributed by atoms with Crippen LogP contribution >= 0.6 is 11.3 Å². The zero-order valence-corrected chi connectivity index (χ0v) is 17.4. The van der Waals surface area contributed by atoms with E-state index in [-0.39, 0.29) is 0 Å². The lowest BCUT2D eigenvalue weighted by molar-refractivity contribution is 0.707. The summed E-state index contributed by atoms with van der Waals surface area (Å²) in [5.41, 5.74) is 2.96. The second-order valence-electron chi connectivity index (χ2n) is 7.08. The summed E-state index contributed by atoms with van der Waals surface area (Å²) in [6.07, 6.45) is 3.27. The Morgan fingerprint density at radius 2 is 1.21 bits per heavy atom. The average Bonchev–Trinajstić information content (AvgIpc) is 3.25. The predicted octanol–water partition coefficient (Wildman–Crippen LogP) is 6.28. The third kappa shape index (κ3) is 4.08. The van der Waals surface area contributed by atoms with Gasteiger partial charge in [0.25, 0.3) is 0 Å². The molecule has 3 aromatic carbocycles. The van der Waals surface area contributed by atoms with Crippen molar-refractivity contribution < 1.29 is 0 Å². The SMILES string of the molecule is CCCCc1nnc(NC(c2ccccc2)(c2ccccc2)c2ccccc2)s1. The number of unbranched alkanes of at least 4 members (excludes halogenated alkanes) is 1. The molecular formula is C25H25N3S. The lowest BCUT2D eigenvalue weighted by atomic mass is 9.77. The van der Waals surface area contributed by atoms with E-state index in [1.54, 1.807) is 11.3 Å². The van der Waals surface area contributed by atoms with Crippen molar-refractivity contribution in [2.45, 2.75) is 31.7 Å². The molecule has 0 aliphatic rings. The number of benzene rings is 3. The van der Waals surface area contributed by atoms with Gasteiger partial charge in [0, 0.05) is 6.42 Å². The Balaban J connectivity index is 1.87. The summed E-state index contributed by atoms with van der Waals surface area (Å²) >= 11 is 1.65. The van der Waals surface area contributed by atoms with Gasteiger partial charge in [-0.05, 0) is 23.1 Å². The maximum Gasteiger partial charge on any atom is 0.206 e. The van der Waals surface area contributed by atoms with Gasteiger partial charge in [0.1, 0.15) is 10.5 Å². The van der Waals surface area contributed by atoms with E-state index in [0.29, 0.717) is 0 Å². The summed E-state index contributed by atoms with van der Waals surface area (Å²) in [6, 6.07) is 31.7. The predicted molar refractivity (Wildman–Crippen MR) is 121 cm³/mol. The quantitative estimate of drug-likeness (QED) is 0.354. The summed E-state index contributed by atoms with van der Waals surface area (Å²) in [6.45, 7) is 2.20. The second-order valence-corrected chi connectivity index (χ2v) is 8.14. The fourth-order valence-electron chi connectivity index (χ4n) is 3.67. The van der Waals surface area contributed by atoms with Crippen LogP contribution in [0.4, 0.5) is 5.13 Å². The van der Waals surface area contributed by atoms with Crippen molar-refractivity contribution >= 4 is 16.5 Å². The maximum atomic E-state index is 4.49. The zero-order valence-electron chi connectivity index (χ0n) is 16.6. The Morgan fingerprint density at radius 1 is 0.724 bits per heavy atom. The molecule has 146 valence electrons. The number of rotatable bonds is 8. The molecule has 3 nitrogen and oxygen atoms in total. The fraction of sp³-hybridized carbons (Fsp3) is 0.200. The van der Waals surface area contributed by atoms with Gasteiger partial charge in [-0.3, -0.25) is 0 Å². The van der Waals surface area contributed by atoms with E-state index in [9.17, 15) is 0 Å². The number of hydrogen-bond acceptors (Lipinski definition) is 4. The zero-order chi connectivity index (χ0) is 19.9. The van der Waals surface area contributed by atoms with E-state index in [1.807, 2.05) is 0 Å². The number of aromatic nitrogens is 2. The van der Waals surface area contributed by atoms with Gasteiger partial charge in [0.2, 0.25) is 5.13 Å². The smallest absolute Gasteiger partial charge is 0.206 e. The standard InChI is InChI=1S/C25H25N3S/c1-2-3-19-23-27-28-24(29-23)26-25(20-13-7-4-8-14-20,21-15-9-5-10-16-21)22-17-11-6-12-18-22/h4-18H,2-3,19H2,1H3,(H,26,28). The van der Waals surface area contributed by atoms with Gasteiger partial charge in [-0.1, -0.05) is 116 Å². The Bertz CT molecular complexity index is 917. The molecule has 0 unspecified atom stereocenters. The van der Waals surface area contributed by atoms with Crippen LogP contribution < -0.4 is 5.32 Å². The molecule has 0 amide bonds. The van der Waals surface area contributed by atoms with Gasteiger partial charge >= 0.3 is 0 Å². The second kappa shape index (κ2) is 9.01. The molecule has 0 aliphatic heterocycles. The molecule has 1 aromatic heterocycles. The molecule has 0 fully saturated rings. The number of anilines is 1. The largest absolute Gasteiger partial charge is 0.342 e. The maximum absolute atomic E-state index is 4.49. The molecular weight excluding hydrogens is 374 g/mol. The van der Waals surface area contributed by atoms with Gasteiger partial charge in [0.15, 0.2) is 0 Å². The van der Waals surface area contributed by atoms with Crippen LogP contribution in [0.1, 0.15) is 41.5 Å². The van der Waals surface area contributed by atoms with Gasteiger partial charge in [-0.2, -0.15) is 0 Å². The first-order chi connectivity index (χ1) is 14.3. The van der Waals surface area contributed by atoms with Crippen molar-refractivity contribution in [2.75, 3.05) is 5.32 Å². The summed E-state index contributed by atoms with van der Waals surface area (Å²) < 4.78 is 0. The molecule has 0 bridgehead atoms. The molecule has 0 spiro atoms. The molecule has 0 saturated heterocycles. The van der Waals surface area contributed by atoms with E-state index in [1.165, 1.54) is 16.7 Å². The summed E-state index contributed by atoms with van der Waals surface area (Å²) in [5, 5.41) is 14.6. The van der Waals surface area contributed by atoms with Crippen LogP contribution in [0.5, 0.6) is 0 Å². The number of aryl methyl sites for hydroxylation is 1. The van der Waals surface area contributed by atoms with Crippen molar-refractivity contribution in [3.63, 3.8) is 0 Å². The molecule has 4 rings (SSSR count). The summed E-state index contributed by atoms with van der Waals surface area (Å²) in [5.74, 6) is 0. The lowest BCUT2D eigenvalue weighted by Crippen LogP contribution is -2.38. The highest BCUT2D eigenvalue weighted by Gasteiger charge is 2.37. The first-order valence-electron chi connectivity index (χ1n) is 10.1. The van der Waals surface area contributed by atoms with E-state index >= 15 is 0 Å². The minimum Gasteiger partial charge on any atom is -0.342 e. The molecule has 1 N–H and O–H groups in total. The molecule has 0 saturated carbocycles. The molecule has 4 heteroatoms. The third-order valence-corrected chi connectivity index (χ3v) is 6.02. The van der Waals surface area contributed by atoms with Crippen LogP contribution in [-0.2, 0) is 12.0 Å². The Hall–Kier alpha value is -2.98. The van der Waals surface area contributed by atoms with Crippen LogP contribution in [0.3, 0.4) is 0 Å². The summed E-state index contributed by atoms with van der Waals surface area (Å²) in [4.78, 5) is 0. The lowest BCUT2D eigenvalue weighted by Gasteiger charge is -2.36. The van der Waals surface area contributed by atoms with E-state index in [0.717, 1.165) is 29.4 Å². The number of nitrogens with one attached hydrogen (secondary N) is 1. The van der Waals surface area contributed by atoms with Gasteiger partial charge in [-0.15, -0.1) is 10.2 Å². The molecule has 0 radical (unpaired) electrons. The number of nitrogens with zero attached hydrogens (tertiary/aromatic N) is 2. The van der Waals surface area contributed by atoms with Crippen LogP contribution in [0, 0.1) is 0 Å². The van der Waals surface area contributed by atoms with Crippen molar-refractivity contribution in [1.29, 1.82) is 0 Å². The Labute approximate surface area is 176 Å². The third-order valence-electron chi connectivity index (χ3n) is 5.13. The van der Waals surface area contributed by atoms with Crippen LogP contribution in [0.2, 0.25) is 0 Å². The molecule has 0 aliphatic carbocycles. The highest BCUT2D eigenvalue weighted by atomic mass is 32.1. The van der Waals surface area contributed by atoms with Crippen molar-refractivity contribution in [2.24, 2.45) is 0 Å². The van der Waals surface area contributed by atoms with Crippen LogP contribution in [0.25, 0.3) is 0 Å². The van der Waals surface area contributed by atoms with Crippen LogP contribution in [-0.4, -0.2) is 10.2 Å². The topological polar surface area (TPSA) is 37.8 Å². The minimum absolute atomic E-state index is 0.550. The highest BCUT2D eigenvalue weighted by molar-refractivity contribution is 7.15. The van der Waals surface area contributed by atoms with Crippen LogP contribution in [0.15, 0.2) is 91.0 Å². The van der Waals surface area contributed by atoms with Gasteiger partial charge < -0.3 is 5.32 Å². The summed E-state index contributed by atoms with van der Waals surface area (Å²) in [7, 11) is 0. The van der Waals surface area contributed by atoms with E-state index < -0.39 is 5.54 Å². The van der Waals surface area contributed by atoms with Crippen molar-refractivity contribution in [3.05, 3.63) is 113 Å². The Kier molecular flexibility index (Phi) is 6.01. The minimum atomic E-state index is -0.550. The molecule has 0 atom stereocenters. The van der Waals surface area contributed by atoms with Crippen molar-refractivity contribution in [3.8, 4) is 0 Å². The first kappa shape index (κ1) is 19.3. The van der Waals surface area contributed by atoms with Gasteiger partial charge in [0.05, 0.1) is 0 Å². The fourth-order valence-corrected chi connectivity index (χ4v) is 4.51. The van der Waals surface area contributed by atoms with E-state index in [4.69, 9.17) is 0 Å². The Morgan fingerprint density at radius 3 is 1.66 bits per heavy atom.